The fourth-order valence-corrected chi connectivity index (χ4v) is 2.36. The summed E-state index contributed by atoms with van der Waals surface area (Å²) < 4.78 is 0. The molecule has 24 heavy (non-hydrogen) atoms. The predicted molar refractivity (Wildman–Crippen MR) is 99.5 cm³/mol. The van der Waals surface area contributed by atoms with Gasteiger partial charge in [0, 0.05) is 13.1 Å². The van der Waals surface area contributed by atoms with E-state index in [0.29, 0.717) is 36.0 Å². The largest absolute Gasteiger partial charge is 0.365 e. The molecule has 0 unspecified atom stereocenters. The van der Waals surface area contributed by atoms with Gasteiger partial charge in [0.2, 0.25) is 5.95 Å². The number of aromatic nitrogens is 4. The lowest BCUT2D eigenvalue weighted by atomic mass is 10.1. The lowest BCUT2D eigenvalue weighted by Crippen LogP contribution is -2.09. The highest BCUT2D eigenvalue weighted by molar-refractivity contribution is 5.91. The molecule has 3 rings (SSSR count). The Morgan fingerprint density at radius 1 is 0.875 bits per heavy atom. The third-order valence-corrected chi connectivity index (χ3v) is 3.73. The van der Waals surface area contributed by atoms with Crippen LogP contribution in [0, 0.1) is 13.8 Å². The van der Waals surface area contributed by atoms with E-state index >= 15 is 0 Å². The first-order valence-corrected chi connectivity index (χ1v) is 7.78. The van der Waals surface area contributed by atoms with Crippen molar-refractivity contribution in [2.45, 2.75) is 13.8 Å². The molecule has 2 N–H and O–H groups in total. The first kappa shape index (κ1) is 15.9. The van der Waals surface area contributed by atoms with Gasteiger partial charge in [-0.3, -0.25) is 0 Å². The van der Waals surface area contributed by atoms with Crippen LogP contribution in [-0.4, -0.2) is 33.0 Å². The fourth-order valence-electron chi connectivity index (χ4n) is 2.36. The van der Waals surface area contributed by atoms with Gasteiger partial charge in [0.25, 0.3) is 0 Å². The third kappa shape index (κ3) is 3.03. The summed E-state index contributed by atoms with van der Waals surface area (Å²) in [7, 11) is 0. The molecule has 0 fully saturated rings. The van der Waals surface area contributed by atoms with Gasteiger partial charge >= 0.3 is 0 Å². The van der Waals surface area contributed by atoms with Crippen LogP contribution in [0.4, 0.5) is 11.8 Å². The summed E-state index contributed by atoms with van der Waals surface area (Å²) in [6.07, 6.45) is 3.52. The molecule has 0 saturated heterocycles. The molecule has 1 aromatic carbocycles. The van der Waals surface area contributed by atoms with Crippen molar-refractivity contribution in [1.82, 2.24) is 19.9 Å². The second-order valence-electron chi connectivity index (χ2n) is 5.56. The van der Waals surface area contributed by atoms with Crippen molar-refractivity contribution in [2.75, 3.05) is 23.7 Å². The van der Waals surface area contributed by atoms with Crippen LogP contribution in [0.1, 0.15) is 11.1 Å². The van der Waals surface area contributed by atoms with E-state index in [1.807, 2.05) is 12.1 Å². The third-order valence-electron chi connectivity index (χ3n) is 3.73. The van der Waals surface area contributed by atoms with Crippen molar-refractivity contribution in [3.8, 4) is 0 Å². The molecular weight excluding hydrogens is 300 g/mol. The number of nitrogens with zero attached hydrogens (tertiary/aromatic N) is 4. The second-order valence-corrected chi connectivity index (χ2v) is 5.56. The Labute approximate surface area is 140 Å². The Kier molecular flexibility index (Phi) is 4.37. The summed E-state index contributed by atoms with van der Waals surface area (Å²) in [5, 5.41) is 6.31. The minimum atomic E-state index is 0.492. The Morgan fingerprint density at radius 2 is 1.50 bits per heavy atom. The number of anilines is 2. The Bertz CT molecular complexity index is 932. The Balaban J connectivity index is 2.22. The highest BCUT2D eigenvalue weighted by atomic mass is 15.2. The van der Waals surface area contributed by atoms with Crippen LogP contribution in [0.2, 0.25) is 0 Å². The normalized spacial score (nSPS) is 10.8. The van der Waals surface area contributed by atoms with E-state index in [1.54, 1.807) is 12.2 Å². The fraction of sp³-hybridized carbons (Fsp3) is 0.222. The summed E-state index contributed by atoms with van der Waals surface area (Å²) in [6.45, 7) is 12.7. The van der Waals surface area contributed by atoms with E-state index in [9.17, 15) is 0 Å². The van der Waals surface area contributed by atoms with Gasteiger partial charge in [-0.1, -0.05) is 12.2 Å². The zero-order chi connectivity index (χ0) is 17.1. The summed E-state index contributed by atoms with van der Waals surface area (Å²) in [6, 6.07) is 4.07. The minimum Gasteiger partial charge on any atom is -0.365 e. The van der Waals surface area contributed by atoms with Gasteiger partial charge in [-0.2, -0.15) is 9.97 Å². The van der Waals surface area contributed by atoms with Crippen molar-refractivity contribution in [2.24, 2.45) is 0 Å². The molecule has 2 heterocycles. The van der Waals surface area contributed by atoms with E-state index in [1.165, 1.54) is 11.1 Å². The number of nitrogens with one attached hydrogen (secondary N) is 2. The van der Waals surface area contributed by atoms with Gasteiger partial charge in [0.1, 0.15) is 0 Å². The zero-order valence-electron chi connectivity index (χ0n) is 13.9. The van der Waals surface area contributed by atoms with Crippen molar-refractivity contribution in [1.29, 1.82) is 0 Å². The smallest absolute Gasteiger partial charge is 0.227 e. The molecule has 2 aromatic heterocycles. The summed E-state index contributed by atoms with van der Waals surface area (Å²) >= 11 is 0. The number of rotatable bonds is 6. The number of fused-ring (bicyclic) bond motifs is 2. The zero-order valence-corrected chi connectivity index (χ0v) is 13.9. The standard InChI is InChI=1S/C18H20N6/c1-5-7-19-16-15-17(24-18(23-16)20-8-6-2)22-14-10-12(4)11(3)9-13(14)21-15/h5-6,9-10H,1-2,7-8H2,3-4H3,(H2,19,20,22,23,24). The van der Waals surface area contributed by atoms with Crippen LogP contribution in [0.3, 0.4) is 0 Å². The highest BCUT2D eigenvalue weighted by Gasteiger charge is 2.12. The summed E-state index contributed by atoms with van der Waals surface area (Å²) in [5.41, 5.74) is 5.23. The summed E-state index contributed by atoms with van der Waals surface area (Å²) in [5.74, 6) is 1.13. The highest BCUT2D eigenvalue weighted by Crippen LogP contribution is 2.23. The average Bonchev–Trinajstić information content (AvgIpc) is 2.57. The van der Waals surface area contributed by atoms with E-state index < -0.39 is 0 Å². The number of hydrogen-bond donors (Lipinski definition) is 2. The van der Waals surface area contributed by atoms with Crippen LogP contribution in [0.15, 0.2) is 37.4 Å². The quantitative estimate of drug-likeness (QED) is 0.535. The predicted octanol–water partition coefficient (Wildman–Crippen LogP) is 3.39. The minimum absolute atomic E-state index is 0.492. The van der Waals surface area contributed by atoms with Crippen molar-refractivity contribution < 1.29 is 0 Å². The maximum absolute atomic E-state index is 4.72. The molecule has 0 radical (unpaired) electrons. The molecule has 0 aliphatic heterocycles. The van der Waals surface area contributed by atoms with E-state index in [2.05, 4.69) is 52.6 Å². The molecule has 6 heteroatoms. The van der Waals surface area contributed by atoms with Crippen LogP contribution < -0.4 is 10.6 Å². The molecule has 0 saturated carbocycles. The SMILES string of the molecule is C=CCNc1nc(NCC=C)c2nc3cc(C)c(C)cc3nc2n1. The first-order chi connectivity index (χ1) is 11.6. The molecule has 3 aromatic rings. The monoisotopic (exact) mass is 320 g/mol. The van der Waals surface area contributed by atoms with E-state index in [-0.39, 0.29) is 0 Å². The molecule has 0 aliphatic rings. The molecule has 122 valence electrons. The van der Waals surface area contributed by atoms with Gasteiger partial charge in [-0.05, 0) is 37.1 Å². The molecule has 6 nitrogen and oxygen atoms in total. The van der Waals surface area contributed by atoms with Crippen LogP contribution in [0.5, 0.6) is 0 Å². The number of hydrogen-bond acceptors (Lipinski definition) is 6. The second kappa shape index (κ2) is 6.62. The van der Waals surface area contributed by atoms with Crippen LogP contribution >= 0.6 is 0 Å². The van der Waals surface area contributed by atoms with Crippen molar-refractivity contribution in [3.63, 3.8) is 0 Å². The topological polar surface area (TPSA) is 75.6 Å². The van der Waals surface area contributed by atoms with E-state index in [4.69, 9.17) is 4.98 Å². The molecular formula is C18H20N6. The Hall–Kier alpha value is -3.02. The summed E-state index contributed by atoms with van der Waals surface area (Å²) in [4.78, 5) is 18.4. The maximum atomic E-state index is 4.72. The van der Waals surface area contributed by atoms with Crippen molar-refractivity contribution in [3.05, 3.63) is 48.6 Å². The average molecular weight is 320 g/mol. The van der Waals surface area contributed by atoms with Gasteiger partial charge in [0.05, 0.1) is 11.0 Å². The van der Waals surface area contributed by atoms with Crippen LogP contribution in [0.25, 0.3) is 22.2 Å². The lowest BCUT2D eigenvalue weighted by molar-refractivity contribution is 1.11. The van der Waals surface area contributed by atoms with Gasteiger partial charge < -0.3 is 10.6 Å². The first-order valence-electron chi connectivity index (χ1n) is 7.78. The number of benzene rings is 1. The van der Waals surface area contributed by atoms with Gasteiger partial charge in [0.15, 0.2) is 17.0 Å². The Morgan fingerprint density at radius 3 is 2.17 bits per heavy atom. The number of aryl methyl sites for hydroxylation is 2. The lowest BCUT2D eigenvalue weighted by Gasteiger charge is -2.10. The molecule has 0 spiro atoms. The van der Waals surface area contributed by atoms with Gasteiger partial charge in [-0.15, -0.1) is 13.2 Å². The molecule has 0 bridgehead atoms. The van der Waals surface area contributed by atoms with Crippen LogP contribution in [-0.2, 0) is 0 Å². The van der Waals surface area contributed by atoms with Crippen molar-refractivity contribution >= 4 is 34.0 Å². The maximum Gasteiger partial charge on any atom is 0.227 e. The molecule has 0 aliphatic carbocycles. The van der Waals surface area contributed by atoms with E-state index in [0.717, 1.165) is 11.0 Å². The van der Waals surface area contributed by atoms with Gasteiger partial charge in [-0.25, -0.2) is 9.97 Å². The molecule has 0 atom stereocenters. The molecule has 0 amide bonds.